The summed E-state index contributed by atoms with van der Waals surface area (Å²) in [5.41, 5.74) is 6.29. The molecule has 0 spiro atoms. The SMILES string of the molecule is CCOC1CCC2C(C1)OC1CC(N)C(C)CCC12. The van der Waals surface area contributed by atoms with Crippen molar-refractivity contribution in [2.24, 2.45) is 23.5 Å². The molecule has 7 atom stereocenters. The lowest BCUT2D eigenvalue weighted by Gasteiger charge is -2.32. The van der Waals surface area contributed by atoms with E-state index in [1.807, 2.05) is 0 Å². The van der Waals surface area contributed by atoms with Gasteiger partial charge in [0.15, 0.2) is 0 Å². The molecule has 3 nitrogen and oxygen atoms in total. The van der Waals surface area contributed by atoms with Gasteiger partial charge in [-0.1, -0.05) is 6.92 Å². The van der Waals surface area contributed by atoms with Crippen molar-refractivity contribution >= 4 is 0 Å². The quantitative estimate of drug-likeness (QED) is 0.836. The lowest BCUT2D eigenvalue weighted by atomic mass is 9.76. The summed E-state index contributed by atoms with van der Waals surface area (Å²) in [4.78, 5) is 0. The van der Waals surface area contributed by atoms with E-state index in [4.69, 9.17) is 15.2 Å². The number of ether oxygens (including phenoxy) is 2. The van der Waals surface area contributed by atoms with Gasteiger partial charge in [0.1, 0.15) is 0 Å². The first-order valence-electron chi connectivity index (χ1n) is 8.21. The van der Waals surface area contributed by atoms with Gasteiger partial charge in [-0.2, -0.15) is 0 Å². The molecule has 3 aliphatic rings. The first kappa shape index (κ1) is 13.8. The predicted octanol–water partition coefficient (Wildman–Crippen LogP) is 2.72. The van der Waals surface area contributed by atoms with Gasteiger partial charge < -0.3 is 15.2 Å². The second kappa shape index (κ2) is 5.71. The minimum absolute atomic E-state index is 0.331. The fourth-order valence-corrected chi connectivity index (χ4v) is 4.55. The molecular weight excluding hydrogens is 238 g/mol. The van der Waals surface area contributed by atoms with Gasteiger partial charge in [-0.05, 0) is 56.8 Å². The van der Waals surface area contributed by atoms with Gasteiger partial charge in [-0.15, -0.1) is 0 Å². The van der Waals surface area contributed by atoms with Crippen LogP contribution >= 0.6 is 0 Å². The number of nitrogens with two attached hydrogens (primary N) is 1. The number of rotatable bonds is 2. The van der Waals surface area contributed by atoms with Gasteiger partial charge >= 0.3 is 0 Å². The van der Waals surface area contributed by atoms with Crippen LogP contribution in [0.4, 0.5) is 0 Å². The van der Waals surface area contributed by atoms with Crippen molar-refractivity contribution in [2.45, 2.75) is 76.7 Å². The van der Waals surface area contributed by atoms with Crippen LogP contribution in [-0.4, -0.2) is 31.0 Å². The van der Waals surface area contributed by atoms with Crippen LogP contribution in [-0.2, 0) is 9.47 Å². The Morgan fingerprint density at radius 2 is 1.74 bits per heavy atom. The van der Waals surface area contributed by atoms with Crippen LogP contribution in [0.3, 0.4) is 0 Å². The number of hydrogen-bond donors (Lipinski definition) is 1. The molecule has 0 amide bonds. The average molecular weight is 267 g/mol. The van der Waals surface area contributed by atoms with Gasteiger partial charge in [0, 0.05) is 19.1 Å². The van der Waals surface area contributed by atoms with Crippen LogP contribution in [0.2, 0.25) is 0 Å². The Balaban J connectivity index is 1.65. The third-order valence-electron chi connectivity index (χ3n) is 5.76. The Kier molecular flexibility index (Phi) is 4.16. The molecule has 3 fully saturated rings. The summed E-state index contributed by atoms with van der Waals surface area (Å²) in [7, 11) is 0. The Morgan fingerprint density at radius 1 is 1.05 bits per heavy atom. The largest absolute Gasteiger partial charge is 0.378 e. The van der Waals surface area contributed by atoms with E-state index in [0.29, 0.717) is 30.3 Å². The molecule has 1 aliphatic heterocycles. The van der Waals surface area contributed by atoms with Crippen LogP contribution in [0.5, 0.6) is 0 Å². The fourth-order valence-electron chi connectivity index (χ4n) is 4.55. The maximum Gasteiger partial charge on any atom is 0.0635 e. The highest BCUT2D eigenvalue weighted by atomic mass is 16.5. The maximum atomic E-state index is 6.38. The highest BCUT2D eigenvalue weighted by Crippen LogP contribution is 2.47. The number of hydrogen-bond acceptors (Lipinski definition) is 3. The molecule has 110 valence electrons. The van der Waals surface area contributed by atoms with Crippen LogP contribution < -0.4 is 5.73 Å². The molecule has 0 aromatic carbocycles. The van der Waals surface area contributed by atoms with E-state index < -0.39 is 0 Å². The second-order valence-electron chi connectivity index (χ2n) is 6.89. The monoisotopic (exact) mass is 267 g/mol. The van der Waals surface area contributed by atoms with Gasteiger partial charge in [0.25, 0.3) is 0 Å². The molecule has 0 aromatic heterocycles. The Labute approximate surface area is 117 Å². The van der Waals surface area contributed by atoms with Crippen LogP contribution in [0.25, 0.3) is 0 Å². The maximum absolute atomic E-state index is 6.38. The van der Waals surface area contributed by atoms with E-state index in [9.17, 15) is 0 Å². The van der Waals surface area contributed by atoms with Gasteiger partial charge in [-0.3, -0.25) is 0 Å². The molecule has 1 heterocycles. The molecule has 3 rings (SSSR count). The molecule has 7 unspecified atom stereocenters. The van der Waals surface area contributed by atoms with E-state index in [-0.39, 0.29) is 0 Å². The molecule has 3 heteroatoms. The van der Waals surface area contributed by atoms with Crippen molar-refractivity contribution < 1.29 is 9.47 Å². The summed E-state index contributed by atoms with van der Waals surface area (Å²) in [6, 6.07) is 0.331. The third kappa shape index (κ3) is 2.70. The zero-order valence-corrected chi connectivity index (χ0v) is 12.4. The van der Waals surface area contributed by atoms with Crippen LogP contribution in [0.15, 0.2) is 0 Å². The summed E-state index contributed by atoms with van der Waals surface area (Å²) in [5.74, 6) is 2.20. The highest BCUT2D eigenvalue weighted by molar-refractivity contribution is 4.98. The van der Waals surface area contributed by atoms with Crippen molar-refractivity contribution in [3.8, 4) is 0 Å². The van der Waals surface area contributed by atoms with Gasteiger partial charge in [-0.25, -0.2) is 0 Å². The lowest BCUT2D eigenvalue weighted by molar-refractivity contribution is -0.0474. The molecule has 0 radical (unpaired) electrons. The van der Waals surface area contributed by atoms with Crippen LogP contribution in [0, 0.1) is 17.8 Å². The van der Waals surface area contributed by atoms with E-state index >= 15 is 0 Å². The summed E-state index contributed by atoms with van der Waals surface area (Å²) in [6.07, 6.45) is 8.60. The Morgan fingerprint density at radius 3 is 2.47 bits per heavy atom. The zero-order chi connectivity index (χ0) is 13.4. The minimum atomic E-state index is 0.331. The van der Waals surface area contributed by atoms with Crippen molar-refractivity contribution in [3.05, 3.63) is 0 Å². The molecule has 1 saturated heterocycles. The van der Waals surface area contributed by atoms with E-state index in [1.165, 1.54) is 25.7 Å². The molecular formula is C16H29NO2. The average Bonchev–Trinajstić information content (AvgIpc) is 2.66. The summed E-state index contributed by atoms with van der Waals surface area (Å²) in [5, 5.41) is 0. The Bertz CT molecular complexity index is 309. The molecule has 19 heavy (non-hydrogen) atoms. The molecule has 2 saturated carbocycles. The predicted molar refractivity (Wildman–Crippen MR) is 75.9 cm³/mol. The van der Waals surface area contributed by atoms with Crippen LogP contribution in [0.1, 0.15) is 52.4 Å². The smallest absolute Gasteiger partial charge is 0.0635 e. The standard InChI is InChI=1S/C16H29NO2/c1-3-18-11-5-7-13-12-6-4-10(2)14(17)9-16(12)19-15(13)8-11/h10-16H,3-9,17H2,1-2H3. The minimum Gasteiger partial charge on any atom is -0.378 e. The molecule has 2 N–H and O–H groups in total. The normalized spacial score (nSPS) is 50.4. The highest BCUT2D eigenvalue weighted by Gasteiger charge is 2.48. The fraction of sp³-hybridized carbons (Fsp3) is 1.00. The zero-order valence-electron chi connectivity index (χ0n) is 12.4. The number of fused-ring (bicyclic) bond motifs is 3. The van der Waals surface area contributed by atoms with Gasteiger partial charge in [0.05, 0.1) is 18.3 Å². The van der Waals surface area contributed by atoms with Crippen molar-refractivity contribution in [2.75, 3.05) is 6.61 Å². The first-order valence-corrected chi connectivity index (χ1v) is 8.21. The van der Waals surface area contributed by atoms with Crippen molar-refractivity contribution in [3.63, 3.8) is 0 Å². The van der Waals surface area contributed by atoms with E-state index in [0.717, 1.165) is 31.3 Å². The molecule has 0 bridgehead atoms. The van der Waals surface area contributed by atoms with Gasteiger partial charge in [0.2, 0.25) is 0 Å². The summed E-state index contributed by atoms with van der Waals surface area (Å²) < 4.78 is 12.2. The van der Waals surface area contributed by atoms with Crippen molar-refractivity contribution in [1.29, 1.82) is 0 Å². The van der Waals surface area contributed by atoms with E-state index in [1.54, 1.807) is 0 Å². The van der Waals surface area contributed by atoms with E-state index in [2.05, 4.69) is 13.8 Å². The Hall–Kier alpha value is -0.120. The van der Waals surface area contributed by atoms with Crippen molar-refractivity contribution in [1.82, 2.24) is 0 Å². The molecule has 2 aliphatic carbocycles. The second-order valence-corrected chi connectivity index (χ2v) is 6.89. The lowest BCUT2D eigenvalue weighted by Crippen LogP contribution is -2.33. The first-order chi connectivity index (χ1) is 9.19. The summed E-state index contributed by atoms with van der Waals surface area (Å²) >= 11 is 0. The summed E-state index contributed by atoms with van der Waals surface area (Å²) in [6.45, 7) is 5.22. The third-order valence-corrected chi connectivity index (χ3v) is 5.76. The topological polar surface area (TPSA) is 44.5 Å². The molecule has 0 aromatic rings.